The predicted molar refractivity (Wildman–Crippen MR) is 75.7 cm³/mol. The third-order valence-corrected chi connectivity index (χ3v) is 3.19. The first kappa shape index (κ1) is 16.0. The highest BCUT2D eigenvalue weighted by atomic mass is 32.1. The first-order valence-corrected chi connectivity index (χ1v) is 6.71. The number of hydrogen-bond donors (Lipinski definition) is 0. The molecular formula is C13H16N2O4S. The van der Waals surface area contributed by atoms with E-state index in [9.17, 15) is 9.59 Å². The Hall–Kier alpha value is -2.02. The first-order valence-electron chi connectivity index (χ1n) is 5.83. The highest BCUT2D eigenvalue weighted by Crippen LogP contribution is 2.09. The van der Waals surface area contributed by atoms with Gasteiger partial charge < -0.3 is 9.47 Å². The lowest BCUT2D eigenvalue weighted by Gasteiger charge is -2.05. The number of methoxy groups -OCH3 is 2. The number of thiazole rings is 1. The second-order valence-corrected chi connectivity index (χ2v) is 4.70. The van der Waals surface area contributed by atoms with Crippen LogP contribution in [-0.2, 0) is 25.6 Å². The molecule has 0 saturated carbocycles. The zero-order valence-electron chi connectivity index (χ0n) is 11.6. The highest BCUT2D eigenvalue weighted by Gasteiger charge is 2.14. The molecule has 108 valence electrons. The molecule has 0 aliphatic heterocycles. The van der Waals surface area contributed by atoms with Gasteiger partial charge in [-0.25, -0.2) is 9.78 Å². The number of carbonyl (C=O) groups is 2. The van der Waals surface area contributed by atoms with Gasteiger partial charge in [0.15, 0.2) is 0 Å². The van der Waals surface area contributed by atoms with Crippen LogP contribution in [0.25, 0.3) is 0 Å². The van der Waals surface area contributed by atoms with Gasteiger partial charge in [-0.2, -0.15) is 0 Å². The van der Waals surface area contributed by atoms with Gasteiger partial charge in [0.2, 0.25) is 0 Å². The van der Waals surface area contributed by atoms with Crippen molar-refractivity contribution in [1.82, 2.24) is 4.98 Å². The molecule has 6 nitrogen and oxygen atoms in total. The fourth-order valence-corrected chi connectivity index (χ4v) is 1.90. The van der Waals surface area contributed by atoms with Crippen molar-refractivity contribution in [3.8, 4) is 0 Å². The summed E-state index contributed by atoms with van der Waals surface area (Å²) in [4.78, 5) is 31.2. The molecule has 1 aromatic heterocycles. The van der Waals surface area contributed by atoms with E-state index in [4.69, 9.17) is 0 Å². The van der Waals surface area contributed by atoms with E-state index in [1.807, 2.05) is 5.38 Å². The Morgan fingerprint density at radius 3 is 2.70 bits per heavy atom. The van der Waals surface area contributed by atoms with Crippen molar-refractivity contribution in [3.05, 3.63) is 28.2 Å². The summed E-state index contributed by atoms with van der Waals surface area (Å²) in [6, 6.07) is 0. The Balaban J connectivity index is 2.83. The van der Waals surface area contributed by atoms with Crippen LogP contribution in [0, 0.1) is 0 Å². The molecule has 1 rings (SSSR count). The summed E-state index contributed by atoms with van der Waals surface area (Å²) in [7, 11) is 2.57. The Morgan fingerprint density at radius 2 is 2.15 bits per heavy atom. The van der Waals surface area contributed by atoms with Gasteiger partial charge in [-0.3, -0.25) is 9.79 Å². The van der Waals surface area contributed by atoms with Crippen LogP contribution in [0.5, 0.6) is 0 Å². The molecule has 0 radical (unpaired) electrons. The number of rotatable bonds is 6. The second kappa shape index (κ2) is 8.21. The number of hydrogen-bond acceptors (Lipinski definition) is 7. The van der Waals surface area contributed by atoms with Gasteiger partial charge in [-0.15, -0.1) is 11.3 Å². The number of esters is 2. The molecule has 0 aromatic carbocycles. The van der Waals surface area contributed by atoms with Crippen LogP contribution in [0.3, 0.4) is 0 Å². The van der Waals surface area contributed by atoms with Gasteiger partial charge in [-0.05, 0) is 6.92 Å². The Kier molecular flexibility index (Phi) is 6.58. The minimum Gasteiger partial charge on any atom is -0.469 e. The maximum Gasteiger partial charge on any atom is 0.339 e. The van der Waals surface area contributed by atoms with E-state index in [-0.39, 0.29) is 12.0 Å². The van der Waals surface area contributed by atoms with Crippen LogP contribution < -0.4 is 0 Å². The predicted octanol–water partition coefficient (Wildman–Crippen LogP) is 1.77. The molecule has 0 aliphatic rings. The zero-order chi connectivity index (χ0) is 15.0. The monoisotopic (exact) mass is 296 g/mol. The largest absolute Gasteiger partial charge is 0.469 e. The average molecular weight is 296 g/mol. The molecule has 1 aromatic rings. The van der Waals surface area contributed by atoms with Crippen molar-refractivity contribution in [2.45, 2.75) is 19.9 Å². The average Bonchev–Trinajstić information content (AvgIpc) is 2.97. The number of ether oxygens (including phenoxy) is 2. The lowest BCUT2D eigenvalue weighted by Crippen LogP contribution is -2.13. The van der Waals surface area contributed by atoms with Crippen LogP contribution in [0.2, 0.25) is 0 Å². The van der Waals surface area contributed by atoms with E-state index in [0.29, 0.717) is 12.3 Å². The maximum atomic E-state index is 11.7. The van der Waals surface area contributed by atoms with Crippen molar-refractivity contribution in [1.29, 1.82) is 0 Å². The molecule has 0 unspecified atom stereocenters. The molecule has 0 atom stereocenters. The molecule has 0 fully saturated rings. The zero-order valence-corrected chi connectivity index (χ0v) is 12.4. The standard InChI is InChI=1S/C13H16N2O4S/c1-9(15-8-11-14-6-7-20-11)10(13(17)19-3)4-5-12(16)18-2/h4,6-7H,5,8H2,1-3H3. The van der Waals surface area contributed by atoms with Crippen molar-refractivity contribution in [2.24, 2.45) is 4.99 Å². The summed E-state index contributed by atoms with van der Waals surface area (Å²) in [6.45, 7) is 2.07. The number of carbonyl (C=O) groups excluding carboxylic acids is 2. The quantitative estimate of drug-likeness (QED) is 0.454. The third kappa shape index (κ3) is 4.93. The normalized spacial score (nSPS) is 12.2. The molecule has 0 saturated heterocycles. The van der Waals surface area contributed by atoms with Gasteiger partial charge in [0, 0.05) is 17.3 Å². The lowest BCUT2D eigenvalue weighted by atomic mass is 10.1. The van der Waals surface area contributed by atoms with Crippen molar-refractivity contribution >= 4 is 29.0 Å². The van der Waals surface area contributed by atoms with Gasteiger partial charge >= 0.3 is 11.9 Å². The molecule has 0 aliphatic carbocycles. The Morgan fingerprint density at radius 1 is 1.40 bits per heavy atom. The van der Waals surface area contributed by atoms with E-state index >= 15 is 0 Å². The molecule has 0 bridgehead atoms. The smallest absolute Gasteiger partial charge is 0.339 e. The third-order valence-electron chi connectivity index (χ3n) is 2.43. The summed E-state index contributed by atoms with van der Waals surface area (Å²) in [5, 5.41) is 2.70. The molecular weight excluding hydrogens is 280 g/mol. The maximum absolute atomic E-state index is 11.7. The Labute approximate surface area is 121 Å². The fraction of sp³-hybridized carbons (Fsp3) is 0.385. The van der Waals surface area contributed by atoms with Crippen LogP contribution in [0.15, 0.2) is 28.2 Å². The first-order chi connectivity index (χ1) is 9.58. The minimum atomic E-state index is -0.533. The second-order valence-electron chi connectivity index (χ2n) is 3.72. The fourth-order valence-electron chi connectivity index (χ4n) is 1.36. The van der Waals surface area contributed by atoms with E-state index in [2.05, 4.69) is 19.5 Å². The van der Waals surface area contributed by atoms with E-state index in [1.165, 1.54) is 31.6 Å². The summed E-state index contributed by atoms with van der Waals surface area (Å²) in [5.41, 5.74) is 0.755. The molecule has 0 amide bonds. The summed E-state index contributed by atoms with van der Waals surface area (Å²) < 4.78 is 9.21. The number of aromatic nitrogens is 1. The van der Waals surface area contributed by atoms with Crippen LogP contribution in [0.1, 0.15) is 18.4 Å². The van der Waals surface area contributed by atoms with Crippen LogP contribution >= 0.6 is 11.3 Å². The molecule has 1 heterocycles. The molecule has 7 heteroatoms. The Bertz CT molecular complexity index is 520. The van der Waals surface area contributed by atoms with E-state index in [0.717, 1.165) is 5.01 Å². The minimum absolute atomic E-state index is 0.00888. The highest BCUT2D eigenvalue weighted by molar-refractivity contribution is 7.09. The summed E-state index contributed by atoms with van der Waals surface area (Å²) >= 11 is 1.48. The van der Waals surface area contributed by atoms with E-state index in [1.54, 1.807) is 13.1 Å². The van der Waals surface area contributed by atoms with Gasteiger partial charge in [0.05, 0.1) is 32.8 Å². The van der Waals surface area contributed by atoms with Crippen molar-refractivity contribution < 1.29 is 19.1 Å². The lowest BCUT2D eigenvalue weighted by molar-refractivity contribution is -0.139. The van der Waals surface area contributed by atoms with Crippen molar-refractivity contribution in [2.75, 3.05) is 14.2 Å². The molecule has 0 spiro atoms. The molecule has 0 N–H and O–H groups in total. The van der Waals surface area contributed by atoms with Crippen LogP contribution in [-0.4, -0.2) is 36.9 Å². The topological polar surface area (TPSA) is 77.9 Å². The van der Waals surface area contributed by atoms with Crippen molar-refractivity contribution in [3.63, 3.8) is 0 Å². The molecule has 20 heavy (non-hydrogen) atoms. The summed E-state index contributed by atoms with van der Waals surface area (Å²) in [6.07, 6.45) is 3.14. The number of nitrogens with zero attached hydrogens (tertiary/aromatic N) is 2. The van der Waals surface area contributed by atoms with Gasteiger partial charge in [0.1, 0.15) is 5.01 Å². The van der Waals surface area contributed by atoms with Crippen LogP contribution in [0.4, 0.5) is 0 Å². The SMILES string of the molecule is COC(=O)CC=C(C(=O)OC)C(C)=NCc1nccs1. The number of aliphatic imine (C=N–C) groups is 1. The summed E-state index contributed by atoms with van der Waals surface area (Å²) in [5.74, 6) is -0.964. The van der Waals surface area contributed by atoms with Gasteiger partial charge in [-0.1, -0.05) is 6.08 Å². The van der Waals surface area contributed by atoms with E-state index < -0.39 is 11.9 Å². The van der Waals surface area contributed by atoms with Gasteiger partial charge in [0.25, 0.3) is 0 Å².